The van der Waals surface area contributed by atoms with Gasteiger partial charge in [0.2, 0.25) is 5.91 Å². The number of ether oxygens (including phenoxy) is 1. The minimum absolute atomic E-state index is 0.118. The zero-order chi connectivity index (χ0) is 34.5. The maximum absolute atomic E-state index is 14.1. The lowest BCUT2D eigenvalue weighted by molar-refractivity contribution is -0.137. The molecule has 47 heavy (non-hydrogen) atoms. The van der Waals surface area contributed by atoms with Gasteiger partial charge in [-0.2, -0.15) is 0 Å². The molecular formula is C40H54N4O3. The van der Waals surface area contributed by atoms with E-state index in [1.54, 1.807) is 0 Å². The summed E-state index contributed by atoms with van der Waals surface area (Å²) in [5.74, 6) is 0.735. The Morgan fingerprint density at radius 2 is 1.55 bits per heavy atom. The monoisotopic (exact) mass is 638 g/mol. The number of benzene rings is 2. The Kier molecular flexibility index (Phi) is 11.7. The maximum Gasteiger partial charge on any atom is 0.337 e. The van der Waals surface area contributed by atoms with Gasteiger partial charge >= 0.3 is 5.97 Å². The molecule has 0 saturated carbocycles. The van der Waals surface area contributed by atoms with Gasteiger partial charge in [-0.25, -0.2) is 4.79 Å². The van der Waals surface area contributed by atoms with Crippen LogP contribution in [0.1, 0.15) is 92.7 Å². The molecule has 0 aliphatic heterocycles. The van der Waals surface area contributed by atoms with Crippen LogP contribution in [0.3, 0.4) is 0 Å². The molecule has 2 N–H and O–H groups in total. The van der Waals surface area contributed by atoms with Crippen LogP contribution in [-0.4, -0.2) is 60.0 Å². The van der Waals surface area contributed by atoms with E-state index in [1.807, 2.05) is 49.2 Å². The number of hydrogen-bond donors (Lipinski definition) is 2. The second-order valence-electron chi connectivity index (χ2n) is 14.6. The highest BCUT2D eigenvalue weighted by molar-refractivity contribution is 5.93. The first kappa shape index (κ1) is 35.9. The highest BCUT2D eigenvalue weighted by Crippen LogP contribution is 2.38. The van der Waals surface area contributed by atoms with Crippen LogP contribution in [0.4, 0.5) is 0 Å². The number of H-pyrrole nitrogens is 1. The summed E-state index contributed by atoms with van der Waals surface area (Å²) < 4.78 is 4.82. The summed E-state index contributed by atoms with van der Waals surface area (Å²) in [7, 11) is 1.40. The van der Waals surface area contributed by atoms with Crippen molar-refractivity contribution in [2.45, 2.75) is 80.1 Å². The molecule has 2 aromatic carbocycles. The van der Waals surface area contributed by atoms with E-state index in [0.717, 1.165) is 66.0 Å². The first-order valence-corrected chi connectivity index (χ1v) is 17.0. The van der Waals surface area contributed by atoms with Crippen molar-refractivity contribution in [2.24, 2.45) is 11.8 Å². The second-order valence-corrected chi connectivity index (χ2v) is 14.6. The van der Waals surface area contributed by atoms with E-state index < -0.39 is 5.41 Å². The van der Waals surface area contributed by atoms with Gasteiger partial charge in [0.1, 0.15) is 0 Å². The van der Waals surface area contributed by atoms with Crippen LogP contribution in [0.25, 0.3) is 22.2 Å². The van der Waals surface area contributed by atoms with Crippen molar-refractivity contribution in [3.05, 3.63) is 88.2 Å². The van der Waals surface area contributed by atoms with E-state index in [0.29, 0.717) is 17.4 Å². The SMILES string of the molecule is COC(=O)c1ccc(CCNC[C@@H](C)c2c(-c3cc(C)cc(C)c3)[nH]c3cnc(C(C)(C)C(=O)N(CC(C)C)CC(C)C)cc23)cc1. The van der Waals surface area contributed by atoms with Crippen molar-refractivity contribution in [1.29, 1.82) is 0 Å². The molecule has 0 bridgehead atoms. The van der Waals surface area contributed by atoms with Gasteiger partial charge in [0.15, 0.2) is 0 Å². The van der Waals surface area contributed by atoms with E-state index in [2.05, 4.69) is 83.0 Å². The molecule has 252 valence electrons. The fourth-order valence-corrected chi connectivity index (χ4v) is 6.52. The van der Waals surface area contributed by atoms with E-state index in [-0.39, 0.29) is 17.8 Å². The van der Waals surface area contributed by atoms with E-state index in [1.165, 1.54) is 23.8 Å². The van der Waals surface area contributed by atoms with Gasteiger partial charge in [0.25, 0.3) is 0 Å². The largest absolute Gasteiger partial charge is 0.465 e. The van der Waals surface area contributed by atoms with Crippen molar-refractivity contribution in [3.63, 3.8) is 0 Å². The number of hydrogen-bond acceptors (Lipinski definition) is 5. The fourth-order valence-electron chi connectivity index (χ4n) is 6.52. The first-order chi connectivity index (χ1) is 22.2. The molecule has 4 aromatic rings. The van der Waals surface area contributed by atoms with E-state index in [9.17, 15) is 9.59 Å². The minimum atomic E-state index is -0.780. The number of carbonyl (C=O) groups excluding carboxylic acids is 2. The number of fused-ring (bicyclic) bond motifs is 1. The number of methoxy groups -OCH3 is 1. The molecule has 2 aromatic heterocycles. The molecule has 0 fully saturated rings. The zero-order valence-corrected chi connectivity index (χ0v) is 30.1. The number of aromatic amines is 1. The highest BCUT2D eigenvalue weighted by Gasteiger charge is 2.36. The van der Waals surface area contributed by atoms with Crippen molar-refractivity contribution >= 4 is 22.8 Å². The number of rotatable bonds is 14. The molecule has 1 amide bonds. The van der Waals surface area contributed by atoms with Crippen molar-refractivity contribution in [2.75, 3.05) is 33.3 Å². The second kappa shape index (κ2) is 15.3. The number of pyridine rings is 1. The number of amides is 1. The third kappa shape index (κ3) is 8.69. The lowest BCUT2D eigenvalue weighted by Crippen LogP contribution is -2.46. The van der Waals surface area contributed by atoms with Gasteiger partial charge in [0.05, 0.1) is 41.2 Å². The summed E-state index contributed by atoms with van der Waals surface area (Å²) >= 11 is 0. The summed E-state index contributed by atoms with van der Waals surface area (Å²) in [5, 5.41) is 4.78. The number of carbonyl (C=O) groups is 2. The predicted octanol–water partition coefficient (Wildman–Crippen LogP) is 7.99. The van der Waals surface area contributed by atoms with Crippen LogP contribution in [0, 0.1) is 25.7 Å². The van der Waals surface area contributed by atoms with E-state index >= 15 is 0 Å². The molecule has 0 aliphatic rings. The quantitative estimate of drug-likeness (QED) is 0.108. The summed E-state index contributed by atoms with van der Waals surface area (Å²) in [6.45, 7) is 22.2. The lowest BCUT2D eigenvalue weighted by Gasteiger charge is -2.34. The third-order valence-corrected chi connectivity index (χ3v) is 8.78. The highest BCUT2D eigenvalue weighted by atomic mass is 16.5. The Hall–Kier alpha value is -3.97. The van der Waals surface area contributed by atoms with Gasteiger partial charge in [-0.3, -0.25) is 9.78 Å². The molecule has 4 rings (SSSR count). The third-order valence-electron chi connectivity index (χ3n) is 8.78. The van der Waals surface area contributed by atoms with Crippen LogP contribution in [0.15, 0.2) is 54.7 Å². The molecule has 7 nitrogen and oxygen atoms in total. The number of esters is 1. The number of nitrogens with one attached hydrogen (secondary N) is 2. The standard InChI is InChI=1S/C40H54N4O3/c1-25(2)23-44(24-26(3)4)39(46)40(8,9)35-20-33-34(22-42-35)43-37(32-18-27(5)17-28(6)19-32)36(33)29(7)21-41-16-15-30-11-13-31(14-12-30)38(45)47-10/h11-14,17-20,22,25-26,29,41,43H,15-16,21,23-24H2,1-10H3/t29-/m1/s1. The van der Waals surface area contributed by atoms with Crippen LogP contribution >= 0.6 is 0 Å². The van der Waals surface area contributed by atoms with Crippen LogP contribution < -0.4 is 5.32 Å². The number of aromatic nitrogens is 2. The molecule has 0 saturated heterocycles. The molecule has 7 heteroatoms. The summed E-state index contributed by atoms with van der Waals surface area (Å²) in [4.78, 5) is 36.5. The lowest BCUT2D eigenvalue weighted by atomic mass is 9.85. The minimum Gasteiger partial charge on any atom is -0.465 e. The van der Waals surface area contributed by atoms with Crippen molar-refractivity contribution < 1.29 is 14.3 Å². The molecule has 0 aliphatic carbocycles. The summed E-state index contributed by atoms with van der Waals surface area (Å²) in [6.07, 6.45) is 2.75. The molecule has 0 spiro atoms. The van der Waals surface area contributed by atoms with Gasteiger partial charge < -0.3 is 19.9 Å². The van der Waals surface area contributed by atoms with E-state index in [4.69, 9.17) is 9.72 Å². The number of aryl methyl sites for hydroxylation is 2. The molecular weight excluding hydrogens is 584 g/mol. The number of nitrogens with zero attached hydrogens (tertiary/aromatic N) is 2. The van der Waals surface area contributed by atoms with Crippen molar-refractivity contribution in [3.8, 4) is 11.3 Å². The van der Waals surface area contributed by atoms with Crippen LogP contribution in [0.2, 0.25) is 0 Å². The average molecular weight is 639 g/mol. The molecule has 1 atom stereocenters. The molecule has 0 unspecified atom stereocenters. The molecule has 2 heterocycles. The summed E-state index contributed by atoms with van der Waals surface area (Å²) in [5.41, 5.74) is 8.62. The fraction of sp³-hybridized carbons (Fsp3) is 0.475. The zero-order valence-electron chi connectivity index (χ0n) is 30.1. The Bertz CT molecular complexity index is 1650. The Morgan fingerprint density at radius 3 is 2.13 bits per heavy atom. The van der Waals surface area contributed by atoms with Crippen molar-refractivity contribution in [1.82, 2.24) is 20.2 Å². The van der Waals surface area contributed by atoms with Gasteiger partial charge in [0, 0.05) is 25.0 Å². The maximum atomic E-state index is 14.1. The topological polar surface area (TPSA) is 87.3 Å². The summed E-state index contributed by atoms with van der Waals surface area (Å²) in [6, 6.07) is 16.4. The normalized spacial score (nSPS) is 12.6. The Labute approximate surface area is 281 Å². The van der Waals surface area contributed by atoms with Gasteiger partial charge in [-0.1, -0.05) is 63.9 Å². The first-order valence-electron chi connectivity index (χ1n) is 17.0. The average Bonchev–Trinajstić information content (AvgIpc) is 3.40. The Balaban J connectivity index is 1.66. The molecule has 0 radical (unpaired) electrons. The van der Waals surface area contributed by atoms with Gasteiger partial charge in [-0.05, 0) is 105 Å². The Morgan fingerprint density at radius 1 is 0.936 bits per heavy atom. The van der Waals surface area contributed by atoms with Crippen LogP contribution in [0.5, 0.6) is 0 Å². The van der Waals surface area contributed by atoms with Crippen LogP contribution in [-0.2, 0) is 21.4 Å². The van der Waals surface area contributed by atoms with Gasteiger partial charge in [-0.15, -0.1) is 0 Å². The predicted molar refractivity (Wildman–Crippen MR) is 193 cm³/mol. The smallest absolute Gasteiger partial charge is 0.337 e.